The summed E-state index contributed by atoms with van der Waals surface area (Å²) < 4.78 is 25.5. The van der Waals surface area contributed by atoms with Crippen molar-refractivity contribution in [3.63, 3.8) is 0 Å². The van der Waals surface area contributed by atoms with E-state index in [1.54, 1.807) is 10.9 Å². The molecule has 1 heterocycles. The Balaban J connectivity index is 1.76. The zero-order chi connectivity index (χ0) is 17.6. The van der Waals surface area contributed by atoms with Crippen LogP contribution in [0.25, 0.3) is 5.69 Å². The molecule has 7 nitrogen and oxygen atoms in total. The van der Waals surface area contributed by atoms with Crippen molar-refractivity contribution in [1.82, 2.24) is 19.4 Å². The molecule has 1 aromatic carbocycles. The molecule has 1 amide bonds. The van der Waals surface area contributed by atoms with Gasteiger partial charge in [-0.25, -0.2) is 17.4 Å². The van der Waals surface area contributed by atoms with Crippen molar-refractivity contribution < 1.29 is 13.2 Å². The summed E-state index contributed by atoms with van der Waals surface area (Å²) in [6.45, 7) is 0.816. The van der Waals surface area contributed by atoms with Gasteiger partial charge in [0.05, 0.1) is 24.6 Å². The van der Waals surface area contributed by atoms with Crippen LogP contribution in [0, 0.1) is 0 Å². The standard InChI is InChI=1S/C16H22N4O3S/c1-19(24(2,22)23)10-6-9-17-16(21)11-14-12-18-20(13-14)15-7-4-3-5-8-15/h3-5,7-8,12-13H,6,9-11H2,1-2H3,(H,17,21). The molecule has 0 spiro atoms. The topological polar surface area (TPSA) is 84.3 Å². The molecule has 0 saturated carbocycles. The first-order valence-corrected chi connectivity index (χ1v) is 9.48. The predicted octanol–water partition coefficient (Wildman–Crippen LogP) is 0.812. The Hall–Kier alpha value is -2.19. The molecule has 0 radical (unpaired) electrons. The van der Waals surface area contributed by atoms with Crippen LogP contribution in [0.2, 0.25) is 0 Å². The highest BCUT2D eigenvalue weighted by Gasteiger charge is 2.10. The van der Waals surface area contributed by atoms with Gasteiger partial charge < -0.3 is 5.32 Å². The van der Waals surface area contributed by atoms with Crippen LogP contribution in [0.15, 0.2) is 42.7 Å². The van der Waals surface area contributed by atoms with Gasteiger partial charge in [0.15, 0.2) is 0 Å². The number of amides is 1. The molecule has 2 aromatic rings. The number of nitrogens with one attached hydrogen (secondary N) is 1. The smallest absolute Gasteiger partial charge is 0.224 e. The normalized spacial score (nSPS) is 11.6. The zero-order valence-electron chi connectivity index (χ0n) is 13.8. The van der Waals surface area contributed by atoms with E-state index in [0.717, 1.165) is 17.5 Å². The number of aromatic nitrogens is 2. The summed E-state index contributed by atoms with van der Waals surface area (Å²) in [4.78, 5) is 11.9. The quantitative estimate of drug-likeness (QED) is 0.714. The Labute approximate surface area is 142 Å². The maximum atomic E-state index is 11.9. The molecule has 2 rings (SSSR count). The van der Waals surface area contributed by atoms with Crippen molar-refractivity contribution in [2.75, 3.05) is 26.4 Å². The Kier molecular flexibility index (Phi) is 6.10. The minimum Gasteiger partial charge on any atom is -0.356 e. The average Bonchev–Trinajstić information content (AvgIpc) is 2.99. The molecular weight excluding hydrogens is 328 g/mol. The van der Waals surface area contributed by atoms with E-state index >= 15 is 0 Å². The number of hydrogen-bond acceptors (Lipinski definition) is 4. The number of rotatable bonds is 8. The number of nitrogens with zero attached hydrogens (tertiary/aromatic N) is 3. The van der Waals surface area contributed by atoms with Crippen LogP contribution in [0.3, 0.4) is 0 Å². The molecule has 24 heavy (non-hydrogen) atoms. The number of hydrogen-bond donors (Lipinski definition) is 1. The van der Waals surface area contributed by atoms with Gasteiger partial charge in [0.25, 0.3) is 0 Å². The fraction of sp³-hybridized carbons (Fsp3) is 0.375. The summed E-state index contributed by atoms with van der Waals surface area (Å²) in [7, 11) is -1.64. The molecule has 0 aliphatic heterocycles. The molecule has 8 heteroatoms. The Morgan fingerprint density at radius 1 is 1.29 bits per heavy atom. The first-order chi connectivity index (χ1) is 11.4. The van der Waals surface area contributed by atoms with E-state index in [1.807, 2.05) is 36.5 Å². The number of sulfonamides is 1. The van der Waals surface area contributed by atoms with Crippen molar-refractivity contribution >= 4 is 15.9 Å². The second kappa shape index (κ2) is 8.07. The fourth-order valence-corrected chi connectivity index (χ4v) is 2.58. The molecule has 0 saturated heterocycles. The first kappa shape index (κ1) is 18.2. The minimum absolute atomic E-state index is 0.107. The predicted molar refractivity (Wildman–Crippen MR) is 92.4 cm³/mol. The number of carbonyl (C=O) groups excluding carboxylic acids is 1. The summed E-state index contributed by atoms with van der Waals surface area (Å²) in [5.74, 6) is -0.107. The van der Waals surface area contributed by atoms with E-state index in [0.29, 0.717) is 19.5 Å². The highest BCUT2D eigenvalue weighted by molar-refractivity contribution is 7.88. The minimum atomic E-state index is -3.17. The van der Waals surface area contributed by atoms with Crippen LogP contribution < -0.4 is 5.32 Å². The maximum absolute atomic E-state index is 11.9. The summed E-state index contributed by atoms with van der Waals surface area (Å²) in [5.41, 5.74) is 1.76. The van der Waals surface area contributed by atoms with Crippen LogP contribution >= 0.6 is 0 Å². The molecule has 0 aliphatic rings. The van der Waals surface area contributed by atoms with E-state index in [4.69, 9.17) is 0 Å². The molecule has 0 aliphatic carbocycles. The number of para-hydroxylation sites is 1. The van der Waals surface area contributed by atoms with Crippen molar-refractivity contribution in [2.24, 2.45) is 0 Å². The SMILES string of the molecule is CN(CCCNC(=O)Cc1cnn(-c2ccccc2)c1)S(C)(=O)=O. The number of carbonyl (C=O) groups is 1. The van der Waals surface area contributed by atoms with E-state index < -0.39 is 10.0 Å². The maximum Gasteiger partial charge on any atom is 0.224 e. The highest BCUT2D eigenvalue weighted by Crippen LogP contribution is 2.08. The molecule has 0 unspecified atom stereocenters. The van der Waals surface area contributed by atoms with Gasteiger partial charge in [-0.1, -0.05) is 18.2 Å². The zero-order valence-corrected chi connectivity index (χ0v) is 14.7. The third-order valence-corrected chi connectivity index (χ3v) is 4.87. The lowest BCUT2D eigenvalue weighted by Crippen LogP contribution is -2.31. The molecular formula is C16H22N4O3S. The summed E-state index contributed by atoms with van der Waals surface area (Å²) in [6.07, 6.45) is 5.47. The van der Waals surface area contributed by atoms with Crippen molar-refractivity contribution in [3.8, 4) is 5.69 Å². The van der Waals surface area contributed by atoms with E-state index in [-0.39, 0.29) is 12.3 Å². The van der Waals surface area contributed by atoms with Gasteiger partial charge >= 0.3 is 0 Å². The van der Waals surface area contributed by atoms with Gasteiger partial charge in [-0.15, -0.1) is 0 Å². The van der Waals surface area contributed by atoms with Gasteiger partial charge in [-0.2, -0.15) is 5.10 Å². The highest BCUT2D eigenvalue weighted by atomic mass is 32.2. The summed E-state index contributed by atoms with van der Waals surface area (Å²) in [6, 6.07) is 9.67. The second-order valence-electron chi connectivity index (χ2n) is 5.59. The van der Waals surface area contributed by atoms with Gasteiger partial charge in [-0.3, -0.25) is 4.79 Å². The monoisotopic (exact) mass is 350 g/mol. The molecule has 0 atom stereocenters. The number of benzene rings is 1. The van der Waals surface area contributed by atoms with Crippen LogP contribution in [0.1, 0.15) is 12.0 Å². The van der Waals surface area contributed by atoms with Crippen LogP contribution in [-0.4, -0.2) is 54.8 Å². The Morgan fingerprint density at radius 3 is 2.67 bits per heavy atom. The lowest BCUT2D eigenvalue weighted by atomic mass is 10.2. The van der Waals surface area contributed by atoms with Crippen LogP contribution in [0.5, 0.6) is 0 Å². The van der Waals surface area contributed by atoms with Crippen molar-refractivity contribution in [1.29, 1.82) is 0 Å². The largest absolute Gasteiger partial charge is 0.356 e. The third kappa shape index (κ3) is 5.47. The Morgan fingerprint density at radius 2 is 2.00 bits per heavy atom. The van der Waals surface area contributed by atoms with Gasteiger partial charge in [0, 0.05) is 26.3 Å². The van der Waals surface area contributed by atoms with Gasteiger partial charge in [0.2, 0.25) is 15.9 Å². The van der Waals surface area contributed by atoms with Crippen molar-refractivity contribution in [2.45, 2.75) is 12.8 Å². The summed E-state index contributed by atoms with van der Waals surface area (Å²) >= 11 is 0. The Bertz CT molecular complexity index is 772. The summed E-state index contributed by atoms with van der Waals surface area (Å²) in [5, 5.41) is 7.04. The van der Waals surface area contributed by atoms with Gasteiger partial charge in [-0.05, 0) is 24.1 Å². The fourth-order valence-electron chi connectivity index (χ4n) is 2.12. The molecule has 1 N–H and O–H groups in total. The van der Waals surface area contributed by atoms with E-state index in [2.05, 4.69) is 10.4 Å². The average molecular weight is 350 g/mol. The van der Waals surface area contributed by atoms with Gasteiger partial charge in [0.1, 0.15) is 0 Å². The second-order valence-corrected chi connectivity index (χ2v) is 7.68. The van der Waals surface area contributed by atoms with Crippen molar-refractivity contribution in [3.05, 3.63) is 48.3 Å². The molecule has 130 valence electrons. The third-order valence-electron chi connectivity index (χ3n) is 3.56. The van der Waals surface area contributed by atoms with E-state index in [1.165, 1.54) is 11.4 Å². The molecule has 0 bridgehead atoms. The van der Waals surface area contributed by atoms with Crippen LogP contribution in [0.4, 0.5) is 0 Å². The lowest BCUT2D eigenvalue weighted by molar-refractivity contribution is -0.120. The molecule has 0 fully saturated rings. The van der Waals surface area contributed by atoms with Crippen LogP contribution in [-0.2, 0) is 21.2 Å². The van der Waals surface area contributed by atoms with E-state index in [9.17, 15) is 13.2 Å². The lowest BCUT2D eigenvalue weighted by Gasteiger charge is -2.13. The first-order valence-electron chi connectivity index (χ1n) is 7.63. The molecule has 1 aromatic heterocycles.